The van der Waals surface area contributed by atoms with Crippen LogP contribution in [0.15, 0.2) is 48.5 Å². The lowest BCUT2D eigenvalue weighted by Crippen LogP contribution is -2.55. The van der Waals surface area contributed by atoms with Gasteiger partial charge in [0.25, 0.3) is 5.91 Å². The molecule has 0 saturated heterocycles. The third-order valence-corrected chi connectivity index (χ3v) is 7.19. The molecule has 2 aromatic carbocycles. The summed E-state index contributed by atoms with van der Waals surface area (Å²) >= 11 is 0. The van der Waals surface area contributed by atoms with E-state index in [0.29, 0.717) is 17.1 Å². The molecule has 2 amide bonds. The van der Waals surface area contributed by atoms with Crippen molar-refractivity contribution in [2.24, 2.45) is 0 Å². The van der Waals surface area contributed by atoms with E-state index < -0.39 is 12.1 Å². The van der Waals surface area contributed by atoms with Crippen molar-refractivity contribution in [3.8, 4) is 17.2 Å². The number of aromatic hydroxyl groups is 1. The van der Waals surface area contributed by atoms with Gasteiger partial charge < -0.3 is 24.8 Å². The largest absolute Gasteiger partial charge is 0.508 e. The van der Waals surface area contributed by atoms with E-state index in [9.17, 15) is 14.7 Å². The van der Waals surface area contributed by atoms with Crippen LogP contribution in [0.3, 0.4) is 0 Å². The number of amides is 2. The second kappa shape index (κ2) is 9.95. The zero-order valence-electron chi connectivity index (χ0n) is 19.3. The highest BCUT2D eigenvalue weighted by Crippen LogP contribution is 2.36. The Balaban J connectivity index is 1.48. The van der Waals surface area contributed by atoms with E-state index in [0.717, 1.165) is 51.4 Å². The van der Waals surface area contributed by atoms with Crippen LogP contribution >= 0.6 is 0 Å². The van der Waals surface area contributed by atoms with Crippen LogP contribution < -0.4 is 14.8 Å². The fourth-order valence-corrected chi connectivity index (χ4v) is 5.45. The van der Waals surface area contributed by atoms with Crippen LogP contribution in [0, 0.1) is 0 Å². The smallest absolute Gasteiger partial charge is 0.268 e. The van der Waals surface area contributed by atoms with E-state index in [-0.39, 0.29) is 36.3 Å². The third kappa shape index (κ3) is 4.69. The number of rotatable bonds is 6. The molecule has 3 aliphatic rings. The van der Waals surface area contributed by atoms with E-state index in [4.69, 9.17) is 9.47 Å². The highest BCUT2D eigenvalue weighted by atomic mass is 16.6. The first-order valence-electron chi connectivity index (χ1n) is 12.4. The molecule has 5 rings (SSSR count). The number of para-hydroxylation sites is 2. The van der Waals surface area contributed by atoms with Gasteiger partial charge in [0.05, 0.1) is 0 Å². The lowest BCUT2D eigenvalue weighted by atomic mass is 9.99. The zero-order chi connectivity index (χ0) is 23.5. The zero-order valence-corrected chi connectivity index (χ0v) is 19.3. The number of nitrogens with one attached hydrogen (secondary N) is 1. The number of phenols is 1. The maximum atomic E-state index is 14.0. The summed E-state index contributed by atoms with van der Waals surface area (Å²) in [6.45, 7) is 0.103. The van der Waals surface area contributed by atoms with Gasteiger partial charge in [-0.3, -0.25) is 9.59 Å². The Hall–Kier alpha value is -3.22. The van der Waals surface area contributed by atoms with Gasteiger partial charge >= 0.3 is 0 Å². The Morgan fingerprint density at radius 2 is 1.56 bits per heavy atom. The standard InChI is InChI=1S/C27H32N2O5/c30-21-15-13-18(14-16-21)25(26(31)28-19-7-1-2-8-19)29(20-9-3-4-10-20)27(32)24-17-33-22-11-5-6-12-23(22)34-24/h5-6,11-16,19-20,24-25,30H,1-4,7-10,17H2,(H,28,31)/t24-,25+/m0/s1. The highest BCUT2D eigenvalue weighted by molar-refractivity contribution is 5.91. The summed E-state index contributed by atoms with van der Waals surface area (Å²) in [6, 6.07) is 13.2. The number of phenolic OH excluding ortho intramolecular Hbond substituents is 1. The molecule has 2 aliphatic carbocycles. The van der Waals surface area contributed by atoms with E-state index in [1.165, 1.54) is 0 Å². The average Bonchev–Trinajstić information content (AvgIpc) is 3.57. The van der Waals surface area contributed by atoms with E-state index >= 15 is 0 Å². The van der Waals surface area contributed by atoms with Gasteiger partial charge in [0, 0.05) is 12.1 Å². The van der Waals surface area contributed by atoms with Gasteiger partial charge in [-0.1, -0.05) is 49.9 Å². The quantitative estimate of drug-likeness (QED) is 0.672. The number of ether oxygens (including phenoxy) is 2. The number of hydrogen-bond donors (Lipinski definition) is 2. The topological polar surface area (TPSA) is 88.1 Å². The van der Waals surface area contributed by atoms with Gasteiger partial charge in [-0.15, -0.1) is 0 Å². The maximum absolute atomic E-state index is 14.0. The van der Waals surface area contributed by atoms with Crippen molar-refractivity contribution < 1.29 is 24.2 Å². The Morgan fingerprint density at radius 1 is 0.912 bits per heavy atom. The van der Waals surface area contributed by atoms with Crippen molar-refractivity contribution in [1.82, 2.24) is 10.2 Å². The van der Waals surface area contributed by atoms with Crippen molar-refractivity contribution in [2.75, 3.05) is 6.61 Å². The SMILES string of the molecule is O=C(NC1CCCC1)[C@@H](c1ccc(O)cc1)N(C(=O)[C@@H]1COc2ccccc2O1)C1CCCC1. The molecule has 1 heterocycles. The highest BCUT2D eigenvalue weighted by Gasteiger charge is 2.42. The molecule has 0 spiro atoms. The number of benzene rings is 2. The molecule has 0 aromatic heterocycles. The van der Waals surface area contributed by atoms with Crippen molar-refractivity contribution in [3.05, 3.63) is 54.1 Å². The Kier molecular flexibility index (Phi) is 6.61. The van der Waals surface area contributed by atoms with Gasteiger partial charge in [0.2, 0.25) is 12.0 Å². The second-order valence-electron chi connectivity index (χ2n) is 9.53. The molecular weight excluding hydrogens is 432 g/mol. The summed E-state index contributed by atoms with van der Waals surface area (Å²) in [7, 11) is 0. The molecule has 0 bridgehead atoms. The average molecular weight is 465 g/mol. The summed E-state index contributed by atoms with van der Waals surface area (Å²) in [5, 5.41) is 13.0. The first-order chi connectivity index (χ1) is 16.6. The molecule has 0 radical (unpaired) electrons. The number of hydrogen-bond acceptors (Lipinski definition) is 5. The fraction of sp³-hybridized carbons (Fsp3) is 0.481. The summed E-state index contributed by atoms with van der Waals surface area (Å²) in [5.74, 6) is 0.872. The normalized spacial score (nSPS) is 21.2. The van der Waals surface area contributed by atoms with Crippen LogP contribution in [0.5, 0.6) is 17.2 Å². The van der Waals surface area contributed by atoms with E-state index in [2.05, 4.69) is 5.32 Å². The molecule has 34 heavy (non-hydrogen) atoms. The molecule has 7 nitrogen and oxygen atoms in total. The van der Waals surface area contributed by atoms with Gasteiger partial charge in [-0.05, 0) is 55.5 Å². The molecule has 2 atom stereocenters. The molecule has 7 heteroatoms. The minimum absolute atomic E-state index is 0.0543. The van der Waals surface area contributed by atoms with Crippen LogP contribution in [0.2, 0.25) is 0 Å². The number of carbonyl (C=O) groups is 2. The van der Waals surface area contributed by atoms with Crippen LogP contribution in [0.4, 0.5) is 0 Å². The first kappa shape index (κ1) is 22.6. The van der Waals surface area contributed by atoms with Crippen molar-refractivity contribution in [3.63, 3.8) is 0 Å². The molecule has 0 unspecified atom stereocenters. The lowest BCUT2D eigenvalue weighted by molar-refractivity contribution is -0.151. The molecule has 2 fully saturated rings. The van der Waals surface area contributed by atoms with Gasteiger partial charge in [-0.2, -0.15) is 0 Å². The van der Waals surface area contributed by atoms with Crippen LogP contribution in [-0.4, -0.2) is 46.6 Å². The molecular formula is C27H32N2O5. The molecule has 1 aliphatic heterocycles. The fourth-order valence-electron chi connectivity index (χ4n) is 5.45. The monoisotopic (exact) mass is 464 g/mol. The molecule has 2 aromatic rings. The summed E-state index contributed by atoms with van der Waals surface area (Å²) < 4.78 is 11.9. The van der Waals surface area contributed by atoms with Crippen molar-refractivity contribution >= 4 is 11.8 Å². The van der Waals surface area contributed by atoms with Gasteiger partial charge in [0.1, 0.15) is 18.4 Å². The Bertz CT molecular complexity index is 1010. The third-order valence-electron chi connectivity index (χ3n) is 7.19. The Morgan fingerprint density at radius 3 is 2.26 bits per heavy atom. The second-order valence-corrected chi connectivity index (χ2v) is 9.53. The molecule has 180 valence electrons. The van der Waals surface area contributed by atoms with E-state index in [1.54, 1.807) is 35.2 Å². The van der Waals surface area contributed by atoms with Gasteiger partial charge in [-0.25, -0.2) is 0 Å². The predicted octanol–water partition coefficient (Wildman–Crippen LogP) is 4.10. The van der Waals surface area contributed by atoms with Crippen molar-refractivity contribution in [2.45, 2.75) is 75.6 Å². The van der Waals surface area contributed by atoms with Gasteiger partial charge in [0.15, 0.2) is 11.5 Å². The van der Waals surface area contributed by atoms with E-state index in [1.807, 2.05) is 18.2 Å². The minimum Gasteiger partial charge on any atom is -0.508 e. The predicted molar refractivity (Wildman–Crippen MR) is 127 cm³/mol. The summed E-state index contributed by atoms with van der Waals surface area (Å²) in [5.41, 5.74) is 0.686. The maximum Gasteiger partial charge on any atom is 0.268 e. The van der Waals surface area contributed by atoms with Crippen LogP contribution in [0.25, 0.3) is 0 Å². The lowest BCUT2D eigenvalue weighted by Gasteiger charge is -2.39. The molecule has 2 N–H and O–H groups in total. The summed E-state index contributed by atoms with van der Waals surface area (Å²) in [6.07, 6.45) is 7.04. The number of nitrogens with zero attached hydrogens (tertiary/aromatic N) is 1. The summed E-state index contributed by atoms with van der Waals surface area (Å²) in [4.78, 5) is 29.5. The van der Waals surface area contributed by atoms with Crippen LogP contribution in [0.1, 0.15) is 63.0 Å². The minimum atomic E-state index is -0.825. The Labute approximate surface area is 200 Å². The number of fused-ring (bicyclic) bond motifs is 1. The van der Waals surface area contributed by atoms with Crippen molar-refractivity contribution in [1.29, 1.82) is 0 Å². The van der Waals surface area contributed by atoms with Crippen LogP contribution in [-0.2, 0) is 9.59 Å². The molecule has 2 saturated carbocycles. The number of carbonyl (C=O) groups excluding carboxylic acids is 2. The first-order valence-corrected chi connectivity index (χ1v) is 12.4.